The lowest BCUT2D eigenvalue weighted by molar-refractivity contribution is -0.0498. The molecule has 3 aromatic rings. The van der Waals surface area contributed by atoms with Crippen molar-refractivity contribution in [3.05, 3.63) is 71.0 Å². The highest BCUT2D eigenvalue weighted by Gasteiger charge is 2.19. The number of ketones is 1. The highest BCUT2D eigenvalue weighted by Crippen LogP contribution is 2.25. The Labute approximate surface area is 189 Å². The fraction of sp³-hybridized carbons (Fsp3) is 0.250. The van der Waals surface area contributed by atoms with Crippen LogP contribution in [0, 0.1) is 13.8 Å². The number of nitrogens with zero attached hydrogens (tertiary/aromatic N) is 1. The largest absolute Gasteiger partial charge is 0.497 e. The summed E-state index contributed by atoms with van der Waals surface area (Å²) < 4.78 is 46.4. The molecule has 33 heavy (non-hydrogen) atoms. The van der Waals surface area contributed by atoms with Crippen LogP contribution < -0.4 is 14.2 Å². The molecule has 2 aromatic carbocycles. The topological polar surface area (TPSA) is 76.0 Å². The van der Waals surface area contributed by atoms with Gasteiger partial charge in [-0.2, -0.15) is 8.78 Å². The monoisotopic (exact) mass is 459 g/mol. The third-order valence-corrected chi connectivity index (χ3v) is 4.97. The number of aryl methyl sites for hydroxylation is 1. The van der Waals surface area contributed by atoms with E-state index in [0.717, 1.165) is 5.69 Å². The molecule has 174 valence electrons. The molecule has 0 amide bonds. The molecule has 0 aliphatic heterocycles. The summed E-state index contributed by atoms with van der Waals surface area (Å²) in [6, 6.07) is 12.3. The van der Waals surface area contributed by atoms with E-state index >= 15 is 0 Å². The minimum Gasteiger partial charge on any atom is -0.497 e. The van der Waals surface area contributed by atoms with Crippen molar-refractivity contribution in [1.82, 2.24) is 4.57 Å². The molecule has 0 aliphatic carbocycles. The highest BCUT2D eigenvalue weighted by molar-refractivity contribution is 6.00. The summed E-state index contributed by atoms with van der Waals surface area (Å²) in [7, 11) is 2.92. The zero-order valence-electron chi connectivity index (χ0n) is 18.6. The van der Waals surface area contributed by atoms with Crippen LogP contribution in [-0.2, 0) is 4.74 Å². The van der Waals surface area contributed by atoms with E-state index in [-0.39, 0.29) is 17.1 Å². The molecule has 0 aliphatic rings. The fourth-order valence-corrected chi connectivity index (χ4v) is 3.44. The van der Waals surface area contributed by atoms with Gasteiger partial charge in [0.2, 0.25) is 5.78 Å². The lowest BCUT2D eigenvalue weighted by Gasteiger charge is -2.11. The van der Waals surface area contributed by atoms with Crippen molar-refractivity contribution < 1.29 is 37.3 Å². The molecular formula is C24H23F2NO6. The van der Waals surface area contributed by atoms with Crippen LogP contribution in [0.15, 0.2) is 48.5 Å². The molecule has 0 spiro atoms. The molecule has 0 saturated heterocycles. The number of methoxy groups -OCH3 is 2. The first-order valence-electron chi connectivity index (χ1n) is 9.91. The number of halogens is 2. The van der Waals surface area contributed by atoms with E-state index in [9.17, 15) is 18.4 Å². The summed E-state index contributed by atoms with van der Waals surface area (Å²) in [5.41, 5.74) is 2.62. The fourth-order valence-electron chi connectivity index (χ4n) is 3.44. The molecule has 0 bridgehead atoms. The summed E-state index contributed by atoms with van der Waals surface area (Å²) in [4.78, 5) is 25.2. The predicted octanol–water partition coefficient (Wildman–Crippen LogP) is 4.75. The summed E-state index contributed by atoms with van der Waals surface area (Å²) in [6.07, 6.45) is 0. The van der Waals surface area contributed by atoms with Gasteiger partial charge in [-0.25, -0.2) is 4.79 Å². The van der Waals surface area contributed by atoms with Gasteiger partial charge in [-0.1, -0.05) is 0 Å². The third kappa shape index (κ3) is 5.49. The van der Waals surface area contributed by atoms with Gasteiger partial charge in [0.05, 0.1) is 19.8 Å². The SMILES string of the molecule is COc1cc(OC)cc(C(=O)OCC(=O)c2cc(C)n(-c3ccc(OC(F)F)cc3)c2C)c1. The second-order valence-corrected chi connectivity index (χ2v) is 7.09. The number of carbonyl (C=O) groups is 2. The Kier molecular flexibility index (Phi) is 7.32. The number of hydrogen-bond donors (Lipinski definition) is 0. The van der Waals surface area contributed by atoms with Gasteiger partial charge >= 0.3 is 12.6 Å². The van der Waals surface area contributed by atoms with Crippen molar-refractivity contribution in [2.75, 3.05) is 20.8 Å². The number of hydrogen-bond acceptors (Lipinski definition) is 6. The molecule has 0 N–H and O–H groups in total. The van der Waals surface area contributed by atoms with Gasteiger partial charge in [-0.3, -0.25) is 4.79 Å². The van der Waals surface area contributed by atoms with Gasteiger partial charge < -0.3 is 23.5 Å². The van der Waals surface area contributed by atoms with E-state index < -0.39 is 19.2 Å². The van der Waals surface area contributed by atoms with Gasteiger partial charge in [0, 0.05) is 28.7 Å². The minimum atomic E-state index is -2.91. The number of esters is 1. The molecule has 0 fully saturated rings. The first kappa shape index (κ1) is 23.8. The average molecular weight is 459 g/mol. The van der Waals surface area contributed by atoms with Crippen molar-refractivity contribution in [2.24, 2.45) is 0 Å². The number of benzene rings is 2. The lowest BCUT2D eigenvalue weighted by atomic mass is 10.1. The molecule has 1 aromatic heterocycles. The van der Waals surface area contributed by atoms with Crippen LogP contribution in [0.5, 0.6) is 17.2 Å². The Balaban J connectivity index is 1.74. The summed E-state index contributed by atoms with van der Waals surface area (Å²) >= 11 is 0. The number of ether oxygens (including phenoxy) is 4. The van der Waals surface area contributed by atoms with Crippen molar-refractivity contribution in [3.8, 4) is 22.9 Å². The average Bonchev–Trinajstić information content (AvgIpc) is 3.10. The second-order valence-electron chi connectivity index (χ2n) is 7.09. The zero-order chi connectivity index (χ0) is 24.1. The molecule has 0 saturated carbocycles. The van der Waals surface area contributed by atoms with Crippen LogP contribution in [0.4, 0.5) is 8.78 Å². The van der Waals surface area contributed by atoms with E-state index in [1.165, 1.54) is 38.5 Å². The van der Waals surface area contributed by atoms with E-state index in [2.05, 4.69) is 4.74 Å². The molecule has 0 unspecified atom stereocenters. The van der Waals surface area contributed by atoms with Crippen LogP contribution >= 0.6 is 0 Å². The molecule has 0 atom stereocenters. The molecule has 9 heteroatoms. The van der Waals surface area contributed by atoms with Crippen molar-refractivity contribution >= 4 is 11.8 Å². The summed E-state index contributed by atoms with van der Waals surface area (Å²) in [5.74, 6) is -0.199. The van der Waals surface area contributed by atoms with E-state index in [1.54, 1.807) is 35.8 Å². The molecule has 3 rings (SSSR count). The Morgan fingerprint density at radius 3 is 2.06 bits per heavy atom. The lowest BCUT2D eigenvalue weighted by Crippen LogP contribution is -2.15. The smallest absolute Gasteiger partial charge is 0.387 e. The number of Topliss-reactive ketones (excluding diaryl/α,β-unsaturated/α-hetero) is 1. The number of aromatic nitrogens is 1. The van der Waals surface area contributed by atoms with Crippen LogP contribution in [-0.4, -0.2) is 43.8 Å². The molecule has 0 radical (unpaired) electrons. The number of rotatable bonds is 9. The van der Waals surface area contributed by atoms with E-state index in [4.69, 9.17) is 14.2 Å². The Morgan fingerprint density at radius 1 is 0.909 bits per heavy atom. The number of alkyl halides is 2. The van der Waals surface area contributed by atoms with Crippen LogP contribution in [0.25, 0.3) is 5.69 Å². The minimum absolute atomic E-state index is 0.0357. The van der Waals surface area contributed by atoms with E-state index in [1.807, 2.05) is 6.92 Å². The van der Waals surface area contributed by atoms with Crippen molar-refractivity contribution in [2.45, 2.75) is 20.5 Å². The summed E-state index contributed by atoms with van der Waals surface area (Å²) in [6.45, 7) is 0.195. The standard InChI is InChI=1S/C24H23F2NO6/c1-14-9-21(15(2)27(14)17-5-7-18(8-6-17)33-24(25)26)22(28)13-32-23(29)16-10-19(30-3)12-20(11-16)31-4/h5-12,24H,13H2,1-4H3. The van der Waals surface area contributed by atoms with Crippen molar-refractivity contribution in [1.29, 1.82) is 0 Å². The predicted molar refractivity (Wildman–Crippen MR) is 116 cm³/mol. The molecular weight excluding hydrogens is 436 g/mol. The molecule has 1 heterocycles. The van der Waals surface area contributed by atoms with Gasteiger partial charge in [-0.15, -0.1) is 0 Å². The van der Waals surface area contributed by atoms with Crippen LogP contribution in [0.3, 0.4) is 0 Å². The number of carbonyl (C=O) groups excluding carboxylic acids is 2. The highest BCUT2D eigenvalue weighted by atomic mass is 19.3. The van der Waals surface area contributed by atoms with Gasteiger partial charge in [0.25, 0.3) is 0 Å². The second kappa shape index (κ2) is 10.2. The summed E-state index contributed by atoms with van der Waals surface area (Å²) in [5, 5.41) is 0. The Bertz CT molecular complexity index is 1130. The Morgan fingerprint density at radius 2 is 1.52 bits per heavy atom. The maximum Gasteiger partial charge on any atom is 0.387 e. The van der Waals surface area contributed by atoms with Crippen LogP contribution in [0.1, 0.15) is 32.1 Å². The van der Waals surface area contributed by atoms with Gasteiger partial charge in [-0.05, 0) is 56.3 Å². The normalized spacial score (nSPS) is 10.8. The van der Waals surface area contributed by atoms with Crippen LogP contribution in [0.2, 0.25) is 0 Å². The third-order valence-electron chi connectivity index (χ3n) is 4.97. The quantitative estimate of drug-likeness (QED) is 0.340. The van der Waals surface area contributed by atoms with Gasteiger partial charge in [0.15, 0.2) is 6.61 Å². The first-order chi connectivity index (χ1) is 15.7. The first-order valence-corrected chi connectivity index (χ1v) is 9.91. The van der Waals surface area contributed by atoms with Gasteiger partial charge in [0.1, 0.15) is 17.2 Å². The maximum atomic E-state index is 12.8. The maximum absolute atomic E-state index is 12.8. The zero-order valence-corrected chi connectivity index (χ0v) is 18.6. The molecule has 7 nitrogen and oxygen atoms in total. The Hall–Kier alpha value is -3.88. The van der Waals surface area contributed by atoms with E-state index in [0.29, 0.717) is 28.4 Å². The van der Waals surface area contributed by atoms with Crippen molar-refractivity contribution in [3.63, 3.8) is 0 Å².